The van der Waals surface area contributed by atoms with Gasteiger partial charge in [-0.1, -0.05) is 6.42 Å². The average Bonchev–Trinajstić information content (AvgIpc) is 3.17. The van der Waals surface area contributed by atoms with Crippen LogP contribution in [-0.4, -0.2) is 35.4 Å². The van der Waals surface area contributed by atoms with Gasteiger partial charge in [0.05, 0.1) is 17.6 Å². The van der Waals surface area contributed by atoms with Gasteiger partial charge in [0.2, 0.25) is 0 Å². The van der Waals surface area contributed by atoms with Crippen molar-refractivity contribution in [1.29, 1.82) is 0 Å². The molecule has 1 saturated heterocycles. The highest BCUT2D eigenvalue weighted by Gasteiger charge is 2.12. The summed E-state index contributed by atoms with van der Waals surface area (Å²) in [6, 6.07) is 12.4. The lowest BCUT2D eigenvalue weighted by molar-refractivity contribution is 0.112. The fourth-order valence-electron chi connectivity index (χ4n) is 3.92. The number of carbonyl (C=O) groups excluding carboxylic acids is 1. The van der Waals surface area contributed by atoms with Gasteiger partial charge in [-0.3, -0.25) is 4.79 Å². The predicted molar refractivity (Wildman–Crippen MR) is 112 cm³/mol. The second kappa shape index (κ2) is 8.57. The Bertz CT molecular complexity index is 940. The summed E-state index contributed by atoms with van der Waals surface area (Å²) >= 11 is 0. The van der Waals surface area contributed by atoms with Gasteiger partial charge in [-0.25, -0.2) is 4.98 Å². The second-order valence-corrected chi connectivity index (χ2v) is 7.60. The lowest BCUT2D eigenvalue weighted by atomic mass is 10.0. The summed E-state index contributed by atoms with van der Waals surface area (Å²) in [7, 11) is 0. The first-order chi connectivity index (χ1) is 13.7. The molecule has 1 unspecified atom stereocenters. The van der Waals surface area contributed by atoms with Crippen molar-refractivity contribution >= 4 is 17.3 Å². The summed E-state index contributed by atoms with van der Waals surface area (Å²) in [4.78, 5) is 19.1. The van der Waals surface area contributed by atoms with Crippen molar-refractivity contribution < 1.29 is 9.53 Å². The Balaban J connectivity index is 1.37. The van der Waals surface area contributed by atoms with E-state index in [1.54, 1.807) is 0 Å². The topological polar surface area (TPSA) is 67.0 Å². The zero-order valence-corrected chi connectivity index (χ0v) is 16.3. The molecule has 2 aromatic carbocycles. The van der Waals surface area contributed by atoms with Crippen LogP contribution in [0.3, 0.4) is 0 Å². The van der Waals surface area contributed by atoms with Gasteiger partial charge in [0, 0.05) is 17.2 Å². The fraction of sp³-hybridized carbons (Fsp3) is 0.391. The number of aryl methyl sites for hydroxylation is 1. The number of aldehydes is 1. The Morgan fingerprint density at radius 2 is 2.07 bits per heavy atom. The molecule has 5 heteroatoms. The van der Waals surface area contributed by atoms with Crippen LogP contribution in [0.2, 0.25) is 0 Å². The van der Waals surface area contributed by atoms with Crippen molar-refractivity contribution in [3.05, 3.63) is 47.5 Å². The maximum Gasteiger partial charge on any atom is 0.150 e. The number of ether oxygens (including phenoxy) is 1. The summed E-state index contributed by atoms with van der Waals surface area (Å²) in [5, 5.41) is 3.58. The van der Waals surface area contributed by atoms with Gasteiger partial charge in [-0.15, -0.1) is 0 Å². The Morgan fingerprint density at radius 1 is 1.21 bits per heavy atom. The number of H-pyrrole nitrogens is 1. The van der Waals surface area contributed by atoms with Gasteiger partial charge in [0.25, 0.3) is 0 Å². The van der Waals surface area contributed by atoms with E-state index in [0.717, 1.165) is 59.6 Å². The highest BCUT2D eigenvalue weighted by molar-refractivity contribution is 5.88. The third-order valence-corrected chi connectivity index (χ3v) is 5.44. The van der Waals surface area contributed by atoms with E-state index >= 15 is 0 Å². The first-order valence-electron chi connectivity index (χ1n) is 10.1. The van der Waals surface area contributed by atoms with Gasteiger partial charge < -0.3 is 15.0 Å². The van der Waals surface area contributed by atoms with E-state index in [4.69, 9.17) is 9.72 Å². The molecular weight excluding hydrogens is 350 g/mol. The van der Waals surface area contributed by atoms with Gasteiger partial charge >= 0.3 is 0 Å². The van der Waals surface area contributed by atoms with Crippen LogP contribution < -0.4 is 10.1 Å². The molecule has 1 aliphatic rings. The fourth-order valence-corrected chi connectivity index (χ4v) is 3.92. The zero-order chi connectivity index (χ0) is 19.3. The van der Waals surface area contributed by atoms with Crippen molar-refractivity contribution in [2.45, 2.75) is 45.1 Å². The van der Waals surface area contributed by atoms with Crippen molar-refractivity contribution in [3.8, 4) is 17.1 Å². The molecule has 146 valence electrons. The number of carbonyl (C=O) groups is 1. The Labute approximate surface area is 165 Å². The highest BCUT2D eigenvalue weighted by Crippen LogP contribution is 2.25. The molecule has 1 atom stereocenters. The molecule has 2 N–H and O–H groups in total. The quantitative estimate of drug-likeness (QED) is 0.464. The van der Waals surface area contributed by atoms with Crippen LogP contribution in [0, 0.1) is 6.92 Å². The molecule has 0 aliphatic carbocycles. The van der Waals surface area contributed by atoms with Gasteiger partial charge in [0.1, 0.15) is 17.9 Å². The number of hydrogen-bond acceptors (Lipinski definition) is 4. The van der Waals surface area contributed by atoms with E-state index < -0.39 is 0 Å². The number of nitrogens with zero attached hydrogens (tertiary/aromatic N) is 1. The number of piperidine rings is 1. The first-order valence-corrected chi connectivity index (χ1v) is 10.1. The van der Waals surface area contributed by atoms with Crippen LogP contribution >= 0.6 is 0 Å². The number of nitrogens with one attached hydrogen (secondary N) is 2. The minimum absolute atomic E-state index is 0.660. The Kier molecular flexibility index (Phi) is 5.72. The second-order valence-electron chi connectivity index (χ2n) is 7.60. The average molecular weight is 377 g/mol. The van der Waals surface area contributed by atoms with Crippen LogP contribution in [0.25, 0.3) is 22.4 Å². The lowest BCUT2D eigenvalue weighted by Gasteiger charge is -2.23. The van der Waals surface area contributed by atoms with E-state index in [1.807, 2.05) is 43.3 Å². The van der Waals surface area contributed by atoms with Crippen molar-refractivity contribution in [3.63, 3.8) is 0 Å². The highest BCUT2D eigenvalue weighted by atomic mass is 16.5. The lowest BCUT2D eigenvalue weighted by Crippen LogP contribution is -2.34. The molecule has 0 radical (unpaired) electrons. The molecular formula is C23H27N3O2. The number of imidazole rings is 1. The molecule has 5 nitrogen and oxygen atoms in total. The van der Waals surface area contributed by atoms with Gasteiger partial charge in [-0.2, -0.15) is 0 Å². The number of aromatic amines is 1. The first kappa shape index (κ1) is 18.7. The smallest absolute Gasteiger partial charge is 0.150 e. The van der Waals surface area contributed by atoms with Crippen LogP contribution in [0.15, 0.2) is 36.4 Å². The number of hydrogen-bond donors (Lipinski definition) is 2. The van der Waals surface area contributed by atoms with Crippen LogP contribution in [-0.2, 0) is 0 Å². The molecule has 2 heterocycles. The molecule has 28 heavy (non-hydrogen) atoms. The molecule has 4 rings (SSSR count). The monoisotopic (exact) mass is 377 g/mol. The Hall–Kier alpha value is -2.66. The number of rotatable bonds is 7. The summed E-state index contributed by atoms with van der Waals surface area (Å²) < 4.78 is 5.90. The normalized spacial score (nSPS) is 17.0. The summed E-state index contributed by atoms with van der Waals surface area (Å²) in [6.45, 7) is 3.88. The van der Waals surface area contributed by atoms with E-state index in [0.29, 0.717) is 11.6 Å². The molecule has 1 aliphatic heterocycles. The van der Waals surface area contributed by atoms with Crippen LogP contribution in [0.1, 0.15) is 48.0 Å². The van der Waals surface area contributed by atoms with Gasteiger partial charge in [-0.05, 0) is 81.1 Å². The minimum Gasteiger partial charge on any atom is -0.494 e. The SMILES string of the molecule is Cc1cc(C=O)cc2[nH]c(-c3ccc(OCCCC4CCCCN4)cc3)nc12. The van der Waals surface area contributed by atoms with Crippen LogP contribution in [0.4, 0.5) is 0 Å². The minimum atomic E-state index is 0.660. The molecule has 0 saturated carbocycles. The maximum atomic E-state index is 11.1. The molecule has 1 aromatic heterocycles. The number of aromatic nitrogens is 2. The largest absolute Gasteiger partial charge is 0.494 e. The summed E-state index contributed by atoms with van der Waals surface area (Å²) in [5.41, 5.74) is 4.44. The van der Waals surface area contributed by atoms with E-state index in [-0.39, 0.29) is 0 Å². The predicted octanol–water partition coefficient (Wildman–Crippen LogP) is 4.65. The van der Waals surface area contributed by atoms with Crippen molar-refractivity contribution in [1.82, 2.24) is 15.3 Å². The number of fused-ring (bicyclic) bond motifs is 1. The molecule has 3 aromatic rings. The van der Waals surface area contributed by atoms with Crippen molar-refractivity contribution in [2.24, 2.45) is 0 Å². The molecule has 0 spiro atoms. The van der Waals surface area contributed by atoms with Crippen LogP contribution in [0.5, 0.6) is 5.75 Å². The summed E-state index contributed by atoms with van der Waals surface area (Å²) in [5.74, 6) is 1.69. The van der Waals surface area contributed by atoms with Crippen molar-refractivity contribution in [2.75, 3.05) is 13.2 Å². The van der Waals surface area contributed by atoms with E-state index in [1.165, 1.54) is 25.7 Å². The third kappa shape index (κ3) is 4.25. The number of benzene rings is 2. The molecule has 0 amide bonds. The van der Waals surface area contributed by atoms with E-state index in [9.17, 15) is 4.79 Å². The third-order valence-electron chi connectivity index (χ3n) is 5.44. The Morgan fingerprint density at radius 3 is 2.82 bits per heavy atom. The van der Waals surface area contributed by atoms with Gasteiger partial charge in [0.15, 0.2) is 0 Å². The molecule has 1 fully saturated rings. The maximum absolute atomic E-state index is 11.1. The summed E-state index contributed by atoms with van der Waals surface area (Å²) in [6.07, 6.45) is 7.06. The standard InChI is InChI=1S/C23H27N3O2/c1-16-13-17(15-27)14-21-22(16)26-23(25-21)18-7-9-20(10-8-18)28-12-4-6-19-5-2-3-11-24-19/h7-10,13-15,19,24H,2-6,11-12H2,1H3,(H,25,26). The molecule has 0 bridgehead atoms. The van der Waals surface area contributed by atoms with E-state index in [2.05, 4.69) is 10.3 Å². The zero-order valence-electron chi connectivity index (χ0n) is 16.3.